The van der Waals surface area contributed by atoms with Crippen LogP contribution in [0, 0.1) is 36.2 Å². The molecule has 4 aromatic rings. The predicted octanol–water partition coefficient (Wildman–Crippen LogP) is 7.56. The van der Waals surface area contributed by atoms with Gasteiger partial charge in [-0.2, -0.15) is 26.3 Å². The number of primary amides is 1. The lowest BCUT2D eigenvalue weighted by Gasteiger charge is -2.45. The summed E-state index contributed by atoms with van der Waals surface area (Å²) < 4.78 is 131. The zero-order valence-electron chi connectivity index (χ0n) is 25.1. The van der Waals surface area contributed by atoms with E-state index in [4.69, 9.17) is 4.42 Å². The Bertz CT molecular complexity index is 1820. The van der Waals surface area contributed by atoms with Crippen molar-refractivity contribution in [2.24, 2.45) is 11.8 Å². The Labute approximate surface area is 267 Å². The number of furan rings is 1. The number of quaternary nitrogens is 1. The van der Waals surface area contributed by atoms with Crippen LogP contribution in [0.4, 0.5) is 45.2 Å². The molecule has 1 aliphatic rings. The average Bonchev–Trinajstić information content (AvgIpc) is 3.53. The molecule has 3 N–H and O–H groups in total. The number of rotatable bonds is 6. The second-order valence-electron chi connectivity index (χ2n) is 12.0. The molecular formula is C33H27F9N3O3+. The third kappa shape index (κ3) is 7.10. The van der Waals surface area contributed by atoms with Crippen LogP contribution in [0.3, 0.4) is 0 Å². The van der Waals surface area contributed by atoms with Gasteiger partial charge in [-0.3, -0.25) is 10.1 Å². The van der Waals surface area contributed by atoms with Crippen molar-refractivity contribution in [3.63, 3.8) is 0 Å². The van der Waals surface area contributed by atoms with Gasteiger partial charge in [0, 0.05) is 35.5 Å². The summed E-state index contributed by atoms with van der Waals surface area (Å²) in [7, 11) is 0. The number of aromatic nitrogens is 1. The number of aryl methyl sites for hydroxylation is 1. The van der Waals surface area contributed by atoms with E-state index in [9.17, 15) is 49.1 Å². The van der Waals surface area contributed by atoms with E-state index in [0.29, 0.717) is 18.2 Å². The molecule has 6 nitrogen and oxygen atoms in total. The van der Waals surface area contributed by atoms with Crippen molar-refractivity contribution in [2.45, 2.75) is 50.5 Å². The number of pyridine rings is 1. The van der Waals surface area contributed by atoms with Gasteiger partial charge in [-0.1, -0.05) is 12.1 Å². The number of carbonyl (C=O) groups excluding carboxylic acids is 2. The SMILES string of the molecule is Cc1ccc(NC(=O)C2CC(C(F)(F)F)CC(C)([NH2+]C(=O)c3ccc(-c4cc(F)c(F)cc4F)cn3)C2c2ccco2)cc1C(F)(F)F. The first-order valence-corrected chi connectivity index (χ1v) is 14.5. The van der Waals surface area contributed by atoms with E-state index in [2.05, 4.69) is 10.3 Å². The smallest absolute Gasteiger partial charge is 0.416 e. The van der Waals surface area contributed by atoms with Crippen LogP contribution in [0.25, 0.3) is 11.1 Å². The van der Waals surface area contributed by atoms with Gasteiger partial charge in [-0.05, 0) is 62.2 Å². The van der Waals surface area contributed by atoms with Crippen LogP contribution in [-0.2, 0) is 11.0 Å². The lowest BCUT2D eigenvalue weighted by atomic mass is 9.62. The molecule has 1 fully saturated rings. The summed E-state index contributed by atoms with van der Waals surface area (Å²) in [4.78, 5) is 31.2. The fraction of sp³-hybridized carbons (Fsp3) is 0.303. The molecule has 0 saturated heterocycles. The van der Waals surface area contributed by atoms with E-state index < -0.39 is 83.3 Å². The largest absolute Gasteiger partial charge is 0.469 e. The first kappa shape index (κ1) is 34.7. The normalized spacial score (nSPS) is 21.6. The topological polar surface area (TPSA) is 88.8 Å². The Morgan fingerprint density at radius 3 is 2.27 bits per heavy atom. The Morgan fingerprint density at radius 1 is 0.958 bits per heavy atom. The zero-order valence-corrected chi connectivity index (χ0v) is 25.1. The van der Waals surface area contributed by atoms with Crippen molar-refractivity contribution >= 4 is 17.5 Å². The number of nitrogens with zero attached hydrogens (tertiary/aromatic N) is 1. The highest BCUT2D eigenvalue weighted by atomic mass is 19.4. The maximum atomic E-state index is 14.3. The highest BCUT2D eigenvalue weighted by Gasteiger charge is 2.59. The fourth-order valence-corrected chi connectivity index (χ4v) is 6.35. The van der Waals surface area contributed by atoms with Crippen molar-refractivity contribution in [1.82, 2.24) is 4.98 Å². The van der Waals surface area contributed by atoms with E-state index >= 15 is 0 Å². The van der Waals surface area contributed by atoms with Crippen LogP contribution in [0.15, 0.2) is 71.5 Å². The van der Waals surface area contributed by atoms with Gasteiger partial charge in [-0.15, -0.1) is 0 Å². The molecule has 48 heavy (non-hydrogen) atoms. The van der Waals surface area contributed by atoms with Crippen molar-refractivity contribution in [1.29, 1.82) is 0 Å². The van der Waals surface area contributed by atoms with E-state index in [1.54, 1.807) is 0 Å². The molecule has 2 aromatic carbocycles. The van der Waals surface area contributed by atoms with E-state index in [0.717, 1.165) is 23.6 Å². The molecule has 1 aliphatic carbocycles. The van der Waals surface area contributed by atoms with Gasteiger partial charge in [0.2, 0.25) is 5.91 Å². The zero-order chi connectivity index (χ0) is 35.2. The lowest BCUT2D eigenvalue weighted by Crippen LogP contribution is -3.01. The molecule has 2 amide bonds. The van der Waals surface area contributed by atoms with Gasteiger partial charge in [-0.25, -0.2) is 22.9 Å². The second kappa shape index (κ2) is 12.7. The number of carbonyl (C=O) groups is 2. The Morgan fingerprint density at radius 2 is 1.67 bits per heavy atom. The summed E-state index contributed by atoms with van der Waals surface area (Å²) >= 11 is 0. The highest BCUT2D eigenvalue weighted by Crippen LogP contribution is 2.50. The van der Waals surface area contributed by atoms with Crippen LogP contribution in [0.1, 0.15) is 53.1 Å². The van der Waals surface area contributed by atoms with Gasteiger partial charge in [0.05, 0.1) is 29.6 Å². The molecule has 2 heterocycles. The summed E-state index contributed by atoms with van der Waals surface area (Å²) in [6.07, 6.45) is -8.73. The first-order chi connectivity index (χ1) is 22.4. The molecule has 0 spiro atoms. The maximum absolute atomic E-state index is 14.3. The van der Waals surface area contributed by atoms with E-state index in [1.807, 2.05) is 0 Å². The predicted molar refractivity (Wildman–Crippen MR) is 153 cm³/mol. The highest BCUT2D eigenvalue weighted by molar-refractivity contribution is 5.93. The number of halogens is 9. The number of hydrogen-bond acceptors (Lipinski definition) is 4. The first-order valence-electron chi connectivity index (χ1n) is 14.5. The molecular weight excluding hydrogens is 657 g/mol. The Hall–Kier alpha value is -4.66. The minimum atomic E-state index is -4.81. The van der Waals surface area contributed by atoms with Crippen molar-refractivity contribution in [3.05, 3.63) is 107 Å². The van der Waals surface area contributed by atoms with Crippen LogP contribution < -0.4 is 10.6 Å². The van der Waals surface area contributed by atoms with E-state index in [-0.39, 0.29) is 33.8 Å². The molecule has 0 aliphatic heterocycles. The number of benzene rings is 2. The number of nitrogens with one attached hydrogen (secondary N) is 1. The van der Waals surface area contributed by atoms with Gasteiger partial charge >= 0.3 is 18.3 Å². The Balaban J connectivity index is 1.48. The summed E-state index contributed by atoms with van der Waals surface area (Å²) in [5.74, 6) is -10.4. The maximum Gasteiger partial charge on any atom is 0.416 e. The molecule has 5 rings (SSSR count). The molecule has 2 aromatic heterocycles. The van der Waals surface area contributed by atoms with Crippen LogP contribution in [0.5, 0.6) is 0 Å². The third-order valence-electron chi connectivity index (χ3n) is 8.60. The van der Waals surface area contributed by atoms with Crippen molar-refractivity contribution < 1.29 is 58.8 Å². The number of anilines is 1. The fourth-order valence-electron chi connectivity index (χ4n) is 6.35. The lowest BCUT2D eigenvalue weighted by molar-refractivity contribution is -0.646. The quantitative estimate of drug-likeness (QED) is 0.162. The molecule has 0 radical (unpaired) electrons. The number of hydrogen-bond donors (Lipinski definition) is 2. The van der Waals surface area contributed by atoms with Crippen molar-refractivity contribution in [3.8, 4) is 11.1 Å². The molecule has 4 atom stereocenters. The number of alkyl halides is 6. The standard InChI is InChI=1S/C33H26F9N3O3/c1-16-5-7-19(11-22(16)33(40,41)42)44-29(46)21-10-18(32(37,38)39)14-31(2,28(21)27-4-3-9-48-27)45-30(47)26-8-6-17(15-43-26)20-12-24(35)25(36)13-23(20)34/h3-9,11-13,15,18,21,28H,10,14H2,1-2H3,(H,44,46)(H,45,47)/p+1. The van der Waals surface area contributed by atoms with Crippen LogP contribution in [0.2, 0.25) is 0 Å². The van der Waals surface area contributed by atoms with Crippen molar-refractivity contribution in [2.75, 3.05) is 5.32 Å². The average molecular weight is 685 g/mol. The second-order valence-corrected chi connectivity index (χ2v) is 12.0. The minimum Gasteiger partial charge on any atom is -0.469 e. The third-order valence-corrected chi connectivity index (χ3v) is 8.60. The van der Waals surface area contributed by atoms with Crippen LogP contribution in [-0.4, -0.2) is 28.5 Å². The molecule has 15 heteroatoms. The molecule has 254 valence electrons. The number of amides is 2. The summed E-state index contributed by atoms with van der Waals surface area (Å²) in [6, 6.07) is 9.15. The van der Waals surface area contributed by atoms with Gasteiger partial charge in [0.25, 0.3) is 0 Å². The molecule has 1 saturated carbocycles. The summed E-state index contributed by atoms with van der Waals surface area (Å²) in [5, 5.41) is 3.32. The molecule has 4 unspecified atom stereocenters. The van der Waals surface area contributed by atoms with Crippen LogP contribution >= 0.6 is 0 Å². The summed E-state index contributed by atoms with van der Waals surface area (Å²) in [6.45, 7) is 2.56. The van der Waals surface area contributed by atoms with E-state index in [1.165, 1.54) is 44.4 Å². The minimum absolute atomic E-state index is 0.0149. The van der Waals surface area contributed by atoms with Gasteiger partial charge < -0.3 is 9.73 Å². The monoisotopic (exact) mass is 684 g/mol. The molecule has 0 bridgehead atoms. The van der Waals surface area contributed by atoms with Gasteiger partial charge in [0.1, 0.15) is 17.1 Å². The number of nitrogens with two attached hydrogens (primary N) is 1. The summed E-state index contributed by atoms with van der Waals surface area (Å²) in [5.41, 5.74) is -3.80. The Kier molecular flexibility index (Phi) is 9.21. The van der Waals surface area contributed by atoms with Gasteiger partial charge in [0.15, 0.2) is 17.3 Å².